The first kappa shape index (κ1) is 29.5. The highest BCUT2D eigenvalue weighted by Gasteiger charge is 2.48. The summed E-state index contributed by atoms with van der Waals surface area (Å²) in [6.07, 6.45) is -0.0716. The van der Waals surface area contributed by atoms with Crippen LogP contribution in [0.2, 0.25) is 0 Å². The van der Waals surface area contributed by atoms with Crippen LogP contribution in [0.5, 0.6) is 5.75 Å². The van der Waals surface area contributed by atoms with E-state index in [1.165, 1.54) is 12.1 Å². The molecule has 0 aromatic heterocycles. The summed E-state index contributed by atoms with van der Waals surface area (Å²) >= 11 is 0. The lowest BCUT2D eigenvalue weighted by molar-refractivity contribution is -0.142. The van der Waals surface area contributed by atoms with Gasteiger partial charge in [-0.25, -0.2) is 9.18 Å². The number of nitrogens with one attached hydrogen (secondary N) is 1. The Morgan fingerprint density at radius 1 is 0.860 bits per heavy atom. The first-order valence-electron chi connectivity index (χ1n) is 13.9. The minimum absolute atomic E-state index is 0.0501. The van der Waals surface area contributed by atoms with Gasteiger partial charge in [-0.15, -0.1) is 0 Å². The number of aliphatic carboxylic acids is 1. The van der Waals surface area contributed by atoms with Gasteiger partial charge >= 0.3 is 5.97 Å². The van der Waals surface area contributed by atoms with Crippen molar-refractivity contribution in [2.24, 2.45) is 5.92 Å². The summed E-state index contributed by atoms with van der Waals surface area (Å²) < 4.78 is 18.9. The number of hydrogen-bond acceptors (Lipinski definition) is 5. The van der Waals surface area contributed by atoms with Crippen LogP contribution in [0, 0.1) is 11.7 Å². The smallest absolute Gasteiger partial charge is 0.330 e. The summed E-state index contributed by atoms with van der Waals surface area (Å²) in [5.74, 6) is -2.16. The monoisotopic (exact) mass is 582 g/mol. The summed E-state index contributed by atoms with van der Waals surface area (Å²) in [7, 11) is 0. The number of anilines is 1. The van der Waals surface area contributed by atoms with Crippen LogP contribution in [-0.4, -0.2) is 34.6 Å². The molecule has 1 aliphatic heterocycles. The Morgan fingerprint density at radius 2 is 1.49 bits per heavy atom. The summed E-state index contributed by atoms with van der Waals surface area (Å²) in [4.78, 5) is 39.2. The highest BCUT2D eigenvalue weighted by molar-refractivity contribution is 6.03. The number of rotatable bonds is 12. The van der Waals surface area contributed by atoms with Crippen LogP contribution < -0.4 is 15.0 Å². The zero-order valence-electron chi connectivity index (χ0n) is 23.2. The maximum atomic E-state index is 13.3. The number of carbonyl (C=O) groups is 3. The molecule has 0 unspecified atom stereocenters. The summed E-state index contributed by atoms with van der Waals surface area (Å²) in [5.41, 5.74) is 2.66. The van der Waals surface area contributed by atoms with Crippen molar-refractivity contribution >= 4 is 23.5 Å². The van der Waals surface area contributed by atoms with Crippen LogP contribution in [0.1, 0.15) is 47.7 Å². The number of aliphatic hydroxyl groups is 1. The lowest BCUT2D eigenvalue weighted by Gasteiger charge is -2.48. The van der Waals surface area contributed by atoms with E-state index in [-0.39, 0.29) is 30.3 Å². The number of nitrogens with zero attached hydrogens (tertiary/aromatic N) is 1. The van der Waals surface area contributed by atoms with Crippen LogP contribution in [0.25, 0.3) is 0 Å². The van der Waals surface area contributed by atoms with Crippen LogP contribution >= 0.6 is 0 Å². The SMILES string of the molecule is O=C(COc1ccc([C@@H]2[C@@H](CC[C@H](O)c3ccc(F)cc3)C(=O)N2c2ccccc2)cc1)N[C@@H](C(=O)O)c1ccccc1. The maximum absolute atomic E-state index is 13.3. The van der Waals surface area contributed by atoms with E-state index >= 15 is 0 Å². The number of β-lactam (4-membered cyclic amide) rings is 1. The third-order valence-corrected chi connectivity index (χ3v) is 7.53. The van der Waals surface area contributed by atoms with E-state index in [9.17, 15) is 29.0 Å². The molecule has 3 N–H and O–H groups in total. The first-order valence-corrected chi connectivity index (χ1v) is 13.9. The molecule has 9 heteroatoms. The van der Waals surface area contributed by atoms with Crippen molar-refractivity contribution in [3.8, 4) is 5.75 Å². The number of benzene rings is 4. The Morgan fingerprint density at radius 3 is 2.12 bits per heavy atom. The lowest BCUT2D eigenvalue weighted by atomic mass is 9.78. The Hall–Kier alpha value is -5.02. The van der Waals surface area contributed by atoms with Gasteiger partial charge in [0.2, 0.25) is 5.91 Å². The Balaban J connectivity index is 1.25. The van der Waals surface area contributed by atoms with Crippen molar-refractivity contribution in [1.82, 2.24) is 5.32 Å². The summed E-state index contributed by atoms with van der Waals surface area (Å²) in [6.45, 7) is -0.377. The van der Waals surface area contributed by atoms with Gasteiger partial charge < -0.3 is 25.2 Å². The van der Waals surface area contributed by atoms with Gasteiger partial charge in [0.15, 0.2) is 12.6 Å². The zero-order valence-corrected chi connectivity index (χ0v) is 23.2. The van der Waals surface area contributed by atoms with Gasteiger partial charge in [0.1, 0.15) is 11.6 Å². The standard InChI is InChI=1S/C34H31FN2O6/c35-25-15-11-22(12-16-25)29(38)20-19-28-32(37(33(28)40)26-9-5-2-6-10-26)24-13-17-27(18-14-24)43-21-30(39)36-31(34(41)42)23-7-3-1-4-8-23/h1-18,28-29,31-32,38H,19-21H2,(H,36,39)(H,41,42)/t28-,29+,31-,32-/m1/s1. The summed E-state index contributed by atoms with van der Waals surface area (Å²) in [6, 6.07) is 29.0. The number of amides is 2. The third-order valence-electron chi connectivity index (χ3n) is 7.53. The fourth-order valence-electron chi connectivity index (χ4n) is 5.32. The average Bonchev–Trinajstić information content (AvgIpc) is 3.02. The third kappa shape index (κ3) is 6.90. The first-order chi connectivity index (χ1) is 20.8. The van der Waals surface area contributed by atoms with Crippen molar-refractivity contribution in [2.75, 3.05) is 11.5 Å². The molecule has 0 spiro atoms. The maximum Gasteiger partial charge on any atom is 0.330 e. The fraction of sp³-hybridized carbons (Fsp3) is 0.206. The largest absolute Gasteiger partial charge is 0.484 e. The number of carboxylic acid groups (broad SMARTS) is 1. The second-order valence-corrected chi connectivity index (χ2v) is 10.3. The highest BCUT2D eigenvalue weighted by Crippen LogP contribution is 2.46. The van der Waals surface area contributed by atoms with Gasteiger partial charge in [-0.2, -0.15) is 0 Å². The molecular formula is C34H31FN2O6. The quantitative estimate of drug-likeness (QED) is 0.194. The second-order valence-electron chi connectivity index (χ2n) is 10.3. The second kappa shape index (κ2) is 13.3. The van der Waals surface area contributed by atoms with Gasteiger partial charge in [-0.1, -0.05) is 72.8 Å². The van der Waals surface area contributed by atoms with E-state index in [1.807, 2.05) is 42.5 Å². The van der Waals surface area contributed by atoms with E-state index in [0.717, 1.165) is 11.3 Å². The Bertz CT molecular complexity index is 1550. The minimum Gasteiger partial charge on any atom is -0.484 e. The predicted molar refractivity (Wildman–Crippen MR) is 158 cm³/mol. The number of carboxylic acids is 1. The average molecular weight is 583 g/mol. The topological polar surface area (TPSA) is 116 Å². The van der Waals surface area contributed by atoms with Crippen LogP contribution in [0.15, 0.2) is 109 Å². The van der Waals surface area contributed by atoms with E-state index in [2.05, 4.69) is 5.32 Å². The molecule has 0 saturated carbocycles. The van der Waals surface area contributed by atoms with Crippen LogP contribution in [-0.2, 0) is 14.4 Å². The van der Waals surface area contributed by atoms with Crippen molar-refractivity contribution < 1.29 is 33.7 Å². The van der Waals surface area contributed by atoms with E-state index in [0.29, 0.717) is 29.7 Å². The normalized spacial score (nSPS) is 17.4. The molecule has 0 radical (unpaired) electrons. The molecule has 8 nitrogen and oxygen atoms in total. The van der Waals surface area contributed by atoms with Crippen molar-refractivity contribution in [3.63, 3.8) is 0 Å². The van der Waals surface area contributed by atoms with Crippen molar-refractivity contribution in [2.45, 2.75) is 31.0 Å². The van der Waals surface area contributed by atoms with E-state index < -0.39 is 24.0 Å². The molecule has 5 rings (SSSR count). The number of halogens is 1. The van der Waals surface area contributed by atoms with Gasteiger partial charge in [-0.05, 0) is 65.9 Å². The van der Waals surface area contributed by atoms with Gasteiger partial charge in [0.05, 0.1) is 18.1 Å². The number of hydrogen-bond donors (Lipinski definition) is 3. The van der Waals surface area contributed by atoms with Crippen LogP contribution in [0.4, 0.5) is 10.1 Å². The van der Waals surface area contributed by atoms with Crippen LogP contribution in [0.3, 0.4) is 0 Å². The number of carbonyl (C=O) groups excluding carboxylic acids is 2. The van der Waals surface area contributed by atoms with Gasteiger partial charge in [0.25, 0.3) is 5.91 Å². The molecule has 1 aliphatic rings. The van der Waals surface area contributed by atoms with E-state index in [1.54, 1.807) is 59.5 Å². The molecule has 43 heavy (non-hydrogen) atoms. The number of aliphatic hydroxyl groups excluding tert-OH is 1. The predicted octanol–water partition coefficient (Wildman–Crippen LogP) is 5.36. The highest BCUT2D eigenvalue weighted by atomic mass is 19.1. The number of ether oxygens (including phenoxy) is 1. The Labute approximate surface area is 248 Å². The lowest BCUT2D eigenvalue weighted by Crippen LogP contribution is -2.55. The number of para-hydroxylation sites is 1. The molecule has 2 amide bonds. The Kier molecular flexibility index (Phi) is 9.12. The molecule has 4 atom stereocenters. The molecule has 1 heterocycles. The van der Waals surface area contributed by atoms with Crippen molar-refractivity contribution in [3.05, 3.63) is 132 Å². The molecule has 0 aliphatic carbocycles. The molecule has 1 saturated heterocycles. The fourth-order valence-corrected chi connectivity index (χ4v) is 5.32. The minimum atomic E-state index is -1.20. The van der Waals surface area contributed by atoms with Crippen molar-refractivity contribution in [1.29, 1.82) is 0 Å². The summed E-state index contributed by atoms with van der Waals surface area (Å²) in [5, 5.41) is 22.7. The molecular weight excluding hydrogens is 551 g/mol. The molecule has 4 aromatic carbocycles. The van der Waals surface area contributed by atoms with Gasteiger partial charge in [-0.3, -0.25) is 9.59 Å². The zero-order chi connectivity index (χ0) is 30.3. The molecule has 1 fully saturated rings. The van der Waals surface area contributed by atoms with Gasteiger partial charge in [0, 0.05) is 5.69 Å². The van der Waals surface area contributed by atoms with E-state index in [4.69, 9.17) is 4.74 Å². The molecule has 4 aromatic rings. The molecule has 0 bridgehead atoms. The molecule has 220 valence electrons.